The number of methoxy groups -OCH3 is 1. The van der Waals surface area contributed by atoms with E-state index in [4.69, 9.17) is 14.2 Å². The van der Waals surface area contributed by atoms with Crippen molar-refractivity contribution in [2.45, 2.75) is 39.0 Å². The van der Waals surface area contributed by atoms with Crippen LogP contribution in [0.2, 0.25) is 0 Å². The summed E-state index contributed by atoms with van der Waals surface area (Å²) in [4.78, 5) is 11.5. The zero-order valence-electron chi connectivity index (χ0n) is 14.0. The minimum Gasteiger partial charge on any atom is -0.497 e. The van der Waals surface area contributed by atoms with Crippen LogP contribution >= 0.6 is 0 Å². The molecule has 1 aliphatic heterocycles. The van der Waals surface area contributed by atoms with Gasteiger partial charge in [-0.3, -0.25) is 0 Å². The molecule has 23 heavy (non-hydrogen) atoms. The summed E-state index contributed by atoms with van der Waals surface area (Å²) in [6.45, 7) is 9.10. The quantitative estimate of drug-likeness (QED) is 0.747. The first kappa shape index (κ1) is 17.3. The van der Waals surface area contributed by atoms with Crippen molar-refractivity contribution in [2.75, 3.05) is 13.7 Å². The molecule has 0 aliphatic carbocycles. The topological polar surface area (TPSA) is 56.8 Å². The van der Waals surface area contributed by atoms with Gasteiger partial charge in [-0.15, -0.1) is 0 Å². The van der Waals surface area contributed by atoms with Gasteiger partial charge in [0.2, 0.25) is 0 Å². The summed E-state index contributed by atoms with van der Waals surface area (Å²) in [5.74, 6) is 1.29. The Labute approximate surface area is 137 Å². The molecule has 5 heteroatoms. The van der Waals surface area contributed by atoms with E-state index in [-0.39, 0.29) is 18.2 Å². The fourth-order valence-corrected chi connectivity index (χ4v) is 2.62. The molecule has 0 unspecified atom stereocenters. The van der Waals surface area contributed by atoms with Gasteiger partial charge in [-0.05, 0) is 35.6 Å². The van der Waals surface area contributed by atoms with Crippen LogP contribution in [-0.4, -0.2) is 32.0 Å². The first-order chi connectivity index (χ1) is 11.0. The second kappa shape index (κ2) is 8.02. The molecule has 1 aromatic rings. The third-order valence-corrected chi connectivity index (χ3v) is 3.75. The Balaban J connectivity index is 1.82. The van der Waals surface area contributed by atoms with E-state index < -0.39 is 0 Å². The standard InChI is InChI=1S/C18H25NO4/c1-12(2)9-16-17(23-18(20)19-16)13(3)10-22-11-14-5-7-15(21-4)8-6-14/h5-8,12,16-17H,3,9-11H2,1-2,4H3,(H,19,20)/t16-,17+/m0/s1. The molecular weight excluding hydrogens is 294 g/mol. The molecule has 1 aliphatic rings. The van der Waals surface area contributed by atoms with Crippen LogP contribution in [-0.2, 0) is 16.1 Å². The Morgan fingerprint density at radius 1 is 1.35 bits per heavy atom. The highest BCUT2D eigenvalue weighted by molar-refractivity contribution is 5.71. The Hall–Kier alpha value is -2.01. The van der Waals surface area contributed by atoms with Crippen LogP contribution in [0.15, 0.2) is 36.4 Å². The number of hydrogen-bond acceptors (Lipinski definition) is 4. The number of alkyl carbamates (subject to hydrolysis) is 1. The van der Waals surface area contributed by atoms with Crippen LogP contribution < -0.4 is 10.1 Å². The summed E-state index contributed by atoms with van der Waals surface area (Å²) in [5, 5.41) is 2.85. The van der Waals surface area contributed by atoms with Gasteiger partial charge in [0, 0.05) is 0 Å². The van der Waals surface area contributed by atoms with Gasteiger partial charge in [-0.2, -0.15) is 0 Å². The van der Waals surface area contributed by atoms with Crippen molar-refractivity contribution in [1.29, 1.82) is 0 Å². The van der Waals surface area contributed by atoms with E-state index in [0.717, 1.165) is 23.3 Å². The van der Waals surface area contributed by atoms with E-state index in [1.807, 2.05) is 24.3 Å². The molecular formula is C18H25NO4. The number of ether oxygens (including phenoxy) is 3. The summed E-state index contributed by atoms with van der Waals surface area (Å²) < 4.78 is 16.1. The third-order valence-electron chi connectivity index (χ3n) is 3.75. The molecule has 0 aromatic heterocycles. The van der Waals surface area contributed by atoms with Crippen LogP contribution in [0.4, 0.5) is 4.79 Å². The van der Waals surface area contributed by atoms with Crippen LogP contribution in [0.1, 0.15) is 25.8 Å². The highest BCUT2D eigenvalue weighted by Gasteiger charge is 2.35. The Kier molecular flexibility index (Phi) is 6.04. The van der Waals surface area contributed by atoms with Gasteiger partial charge in [0.25, 0.3) is 0 Å². The summed E-state index contributed by atoms with van der Waals surface area (Å²) in [7, 11) is 1.64. The van der Waals surface area contributed by atoms with Crippen molar-refractivity contribution in [3.63, 3.8) is 0 Å². The van der Waals surface area contributed by atoms with E-state index >= 15 is 0 Å². The maximum Gasteiger partial charge on any atom is 0.408 e. The molecule has 0 spiro atoms. The minimum absolute atomic E-state index is 0.0282. The van der Waals surface area contributed by atoms with Gasteiger partial charge in [0.15, 0.2) is 0 Å². The van der Waals surface area contributed by atoms with Crippen molar-refractivity contribution >= 4 is 6.09 Å². The van der Waals surface area contributed by atoms with Crippen LogP contribution in [0, 0.1) is 5.92 Å². The van der Waals surface area contributed by atoms with E-state index in [9.17, 15) is 4.79 Å². The van der Waals surface area contributed by atoms with Crippen molar-refractivity contribution in [3.05, 3.63) is 42.0 Å². The van der Waals surface area contributed by atoms with Crippen molar-refractivity contribution in [1.82, 2.24) is 5.32 Å². The average Bonchev–Trinajstić information content (AvgIpc) is 2.87. The molecule has 2 atom stereocenters. The number of nitrogens with one attached hydrogen (secondary N) is 1. The first-order valence-corrected chi connectivity index (χ1v) is 7.85. The number of hydrogen-bond donors (Lipinski definition) is 1. The largest absolute Gasteiger partial charge is 0.497 e. The molecule has 1 saturated heterocycles. The molecule has 0 saturated carbocycles. The normalized spacial score (nSPS) is 20.3. The van der Waals surface area contributed by atoms with E-state index in [2.05, 4.69) is 25.7 Å². The first-order valence-electron chi connectivity index (χ1n) is 7.85. The SMILES string of the molecule is C=C(COCc1ccc(OC)cc1)[C@H]1OC(=O)N[C@H]1CC(C)C. The fourth-order valence-electron chi connectivity index (χ4n) is 2.62. The number of carbonyl (C=O) groups excluding carboxylic acids is 1. The molecule has 1 N–H and O–H groups in total. The Morgan fingerprint density at radius 3 is 2.65 bits per heavy atom. The summed E-state index contributed by atoms with van der Waals surface area (Å²) in [6.07, 6.45) is 0.159. The van der Waals surface area contributed by atoms with Gasteiger partial charge in [-0.25, -0.2) is 4.79 Å². The van der Waals surface area contributed by atoms with Crippen LogP contribution in [0.5, 0.6) is 5.75 Å². The zero-order valence-corrected chi connectivity index (χ0v) is 14.0. The summed E-state index contributed by atoms with van der Waals surface area (Å²) in [6, 6.07) is 7.68. The number of cyclic esters (lactones) is 1. The molecule has 0 bridgehead atoms. The van der Waals surface area contributed by atoms with Crippen molar-refractivity contribution in [2.24, 2.45) is 5.92 Å². The fraction of sp³-hybridized carbons (Fsp3) is 0.500. The van der Waals surface area contributed by atoms with Gasteiger partial charge < -0.3 is 19.5 Å². The van der Waals surface area contributed by atoms with Crippen molar-refractivity contribution < 1.29 is 19.0 Å². The Morgan fingerprint density at radius 2 is 2.04 bits per heavy atom. The lowest BCUT2D eigenvalue weighted by Crippen LogP contribution is -2.34. The second-order valence-electron chi connectivity index (χ2n) is 6.21. The maximum absolute atomic E-state index is 11.5. The number of rotatable bonds is 8. The molecule has 1 aromatic carbocycles. The van der Waals surface area contributed by atoms with Gasteiger partial charge in [0.05, 0.1) is 26.4 Å². The van der Waals surface area contributed by atoms with E-state index in [1.165, 1.54) is 0 Å². The summed E-state index contributed by atoms with van der Waals surface area (Å²) >= 11 is 0. The second-order valence-corrected chi connectivity index (χ2v) is 6.21. The lowest BCUT2D eigenvalue weighted by Gasteiger charge is -2.20. The van der Waals surface area contributed by atoms with Crippen LogP contribution in [0.25, 0.3) is 0 Å². The van der Waals surface area contributed by atoms with Gasteiger partial charge in [-0.1, -0.05) is 32.6 Å². The number of amides is 1. The predicted octanol–water partition coefficient (Wildman–Crippen LogP) is 3.29. The van der Waals surface area contributed by atoms with Crippen molar-refractivity contribution in [3.8, 4) is 5.75 Å². The lowest BCUT2D eigenvalue weighted by atomic mass is 9.96. The number of benzene rings is 1. The highest BCUT2D eigenvalue weighted by atomic mass is 16.6. The molecule has 1 fully saturated rings. The average molecular weight is 319 g/mol. The molecule has 2 rings (SSSR count). The van der Waals surface area contributed by atoms with E-state index in [0.29, 0.717) is 19.1 Å². The lowest BCUT2D eigenvalue weighted by molar-refractivity contribution is 0.107. The monoisotopic (exact) mass is 319 g/mol. The number of carbonyl (C=O) groups is 1. The zero-order chi connectivity index (χ0) is 16.8. The predicted molar refractivity (Wildman–Crippen MR) is 88.4 cm³/mol. The minimum atomic E-state index is -0.378. The van der Waals surface area contributed by atoms with Crippen LogP contribution in [0.3, 0.4) is 0 Å². The molecule has 5 nitrogen and oxygen atoms in total. The summed E-state index contributed by atoms with van der Waals surface area (Å²) in [5.41, 5.74) is 1.83. The molecule has 126 valence electrons. The third kappa shape index (κ3) is 4.99. The maximum atomic E-state index is 11.5. The molecule has 1 heterocycles. The highest BCUT2D eigenvalue weighted by Crippen LogP contribution is 2.22. The molecule has 0 radical (unpaired) electrons. The molecule has 1 amide bonds. The Bertz CT molecular complexity index is 538. The van der Waals surface area contributed by atoms with E-state index in [1.54, 1.807) is 7.11 Å². The van der Waals surface area contributed by atoms with Gasteiger partial charge >= 0.3 is 6.09 Å². The smallest absolute Gasteiger partial charge is 0.408 e. The van der Waals surface area contributed by atoms with Gasteiger partial charge in [0.1, 0.15) is 11.9 Å².